The lowest BCUT2D eigenvalue weighted by Gasteiger charge is -2.09. The average Bonchev–Trinajstić information content (AvgIpc) is 2.95. The first kappa shape index (κ1) is 11.2. The molecule has 0 saturated carbocycles. The number of thiazole rings is 1. The predicted octanol–water partition coefficient (Wildman–Crippen LogP) is 1.77. The fourth-order valence-corrected chi connectivity index (χ4v) is 2.47. The van der Waals surface area contributed by atoms with Gasteiger partial charge in [0.25, 0.3) is 0 Å². The molecule has 6 heteroatoms. The molecule has 2 aromatic heterocycles. The van der Waals surface area contributed by atoms with Gasteiger partial charge in [-0.25, -0.2) is 9.97 Å². The van der Waals surface area contributed by atoms with Gasteiger partial charge in [0, 0.05) is 17.8 Å². The van der Waals surface area contributed by atoms with Gasteiger partial charge in [-0.3, -0.25) is 5.10 Å². The molecule has 1 atom stereocenters. The van der Waals surface area contributed by atoms with Crippen LogP contribution in [0.5, 0.6) is 0 Å². The first-order valence-electron chi connectivity index (χ1n) is 5.36. The molecule has 5 nitrogen and oxygen atoms in total. The third-order valence-electron chi connectivity index (χ3n) is 2.48. The molecule has 0 fully saturated rings. The van der Waals surface area contributed by atoms with Gasteiger partial charge in [-0.15, -0.1) is 11.3 Å². The third-order valence-corrected chi connectivity index (χ3v) is 3.35. The lowest BCUT2D eigenvalue weighted by atomic mass is 10.0. The molecule has 0 aliphatic rings. The quantitative estimate of drug-likeness (QED) is 0.830. The highest BCUT2D eigenvalue weighted by atomic mass is 32.1. The molecule has 2 heterocycles. The second-order valence-electron chi connectivity index (χ2n) is 3.63. The minimum atomic E-state index is 0.359. The van der Waals surface area contributed by atoms with E-state index in [1.807, 2.05) is 0 Å². The van der Waals surface area contributed by atoms with Crippen LogP contribution in [0, 0.1) is 0 Å². The van der Waals surface area contributed by atoms with E-state index in [1.165, 1.54) is 6.33 Å². The molecule has 2 rings (SSSR count). The van der Waals surface area contributed by atoms with Crippen LogP contribution in [0.4, 0.5) is 0 Å². The summed E-state index contributed by atoms with van der Waals surface area (Å²) in [5, 5.41) is 9.56. The van der Waals surface area contributed by atoms with Crippen molar-refractivity contribution in [2.45, 2.75) is 25.7 Å². The van der Waals surface area contributed by atoms with Crippen LogP contribution >= 0.6 is 11.3 Å². The first-order valence-corrected chi connectivity index (χ1v) is 6.24. The maximum absolute atomic E-state index is 5.75. The van der Waals surface area contributed by atoms with E-state index in [1.54, 1.807) is 11.3 Å². The number of nitrogens with zero attached hydrogens (tertiary/aromatic N) is 3. The summed E-state index contributed by atoms with van der Waals surface area (Å²) in [4.78, 5) is 8.63. The normalized spacial score (nSPS) is 12.9. The Bertz CT molecular complexity index is 422. The van der Waals surface area contributed by atoms with Crippen LogP contribution in [-0.4, -0.2) is 26.7 Å². The van der Waals surface area contributed by atoms with Crippen LogP contribution < -0.4 is 5.73 Å². The van der Waals surface area contributed by atoms with Crippen molar-refractivity contribution in [3.63, 3.8) is 0 Å². The number of nitrogens with two attached hydrogens (primary N) is 1. The number of H-pyrrole nitrogens is 1. The molecule has 1 unspecified atom stereocenters. The molecular weight excluding hydrogens is 222 g/mol. The Morgan fingerprint density at radius 1 is 1.56 bits per heavy atom. The minimum Gasteiger partial charge on any atom is -0.330 e. The molecule has 2 aromatic rings. The van der Waals surface area contributed by atoms with Crippen LogP contribution in [0.15, 0.2) is 11.7 Å². The van der Waals surface area contributed by atoms with Crippen molar-refractivity contribution < 1.29 is 0 Å². The monoisotopic (exact) mass is 237 g/mol. The maximum Gasteiger partial charge on any atom is 0.184 e. The number of aromatic amines is 1. The standard InChI is InChI=1S/C10H15N5S/c1-2-3-7(4-11)8-5-16-10(14-8)9-12-6-13-15-9/h5-7H,2-4,11H2,1H3,(H,12,13,15). The van der Waals surface area contributed by atoms with Crippen LogP contribution in [0.25, 0.3) is 10.8 Å². The Hall–Kier alpha value is -1.27. The Labute approximate surface area is 98.1 Å². The number of aromatic nitrogens is 4. The van der Waals surface area contributed by atoms with E-state index in [4.69, 9.17) is 5.73 Å². The van der Waals surface area contributed by atoms with Gasteiger partial charge in [-0.2, -0.15) is 5.10 Å². The van der Waals surface area contributed by atoms with E-state index in [9.17, 15) is 0 Å². The van der Waals surface area contributed by atoms with Crippen molar-refractivity contribution in [3.05, 3.63) is 17.4 Å². The zero-order valence-corrected chi connectivity index (χ0v) is 10.00. The number of hydrogen-bond donors (Lipinski definition) is 2. The molecule has 0 aliphatic carbocycles. The van der Waals surface area contributed by atoms with E-state index in [-0.39, 0.29) is 0 Å². The zero-order valence-electron chi connectivity index (χ0n) is 9.18. The van der Waals surface area contributed by atoms with Gasteiger partial charge in [0.15, 0.2) is 10.8 Å². The largest absolute Gasteiger partial charge is 0.330 e. The lowest BCUT2D eigenvalue weighted by molar-refractivity contribution is 0.610. The summed E-state index contributed by atoms with van der Waals surface area (Å²) in [7, 11) is 0. The third kappa shape index (κ3) is 2.28. The summed E-state index contributed by atoms with van der Waals surface area (Å²) in [5.41, 5.74) is 6.82. The summed E-state index contributed by atoms with van der Waals surface area (Å²) in [6.07, 6.45) is 3.69. The molecule has 0 aromatic carbocycles. The van der Waals surface area contributed by atoms with Gasteiger partial charge in [0.1, 0.15) is 6.33 Å². The minimum absolute atomic E-state index is 0.359. The summed E-state index contributed by atoms with van der Waals surface area (Å²) in [6.45, 7) is 2.81. The number of rotatable bonds is 5. The molecule has 0 radical (unpaired) electrons. The van der Waals surface area contributed by atoms with Crippen LogP contribution in [0.3, 0.4) is 0 Å². The highest BCUT2D eigenvalue weighted by Gasteiger charge is 2.14. The van der Waals surface area contributed by atoms with Gasteiger partial charge >= 0.3 is 0 Å². The van der Waals surface area contributed by atoms with Gasteiger partial charge in [-0.05, 0) is 6.42 Å². The smallest absolute Gasteiger partial charge is 0.184 e. The Morgan fingerprint density at radius 3 is 3.06 bits per heavy atom. The lowest BCUT2D eigenvalue weighted by Crippen LogP contribution is -2.12. The molecular formula is C10H15N5S. The Morgan fingerprint density at radius 2 is 2.44 bits per heavy atom. The van der Waals surface area contributed by atoms with Crippen molar-refractivity contribution >= 4 is 11.3 Å². The molecule has 86 valence electrons. The van der Waals surface area contributed by atoms with Gasteiger partial charge in [-0.1, -0.05) is 13.3 Å². The van der Waals surface area contributed by atoms with Crippen molar-refractivity contribution in [3.8, 4) is 10.8 Å². The fraction of sp³-hybridized carbons (Fsp3) is 0.500. The fourth-order valence-electron chi connectivity index (χ4n) is 1.63. The Balaban J connectivity index is 2.18. The topological polar surface area (TPSA) is 80.5 Å². The predicted molar refractivity (Wildman–Crippen MR) is 64.2 cm³/mol. The van der Waals surface area contributed by atoms with E-state index in [0.717, 1.165) is 29.4 Å². The highest BCUT2D eigenvalue weighted by molar-refractivity contribution is 7.13. The van der Waals surface area contributed by atoms with E-state index in [2.05, 4.69) is 32.5 Å². The summed E-state index contributed by atoms with van der Waals surface area (Å²) >= 11 is 1.58. The second kappa shape index (κ2) is 5.18. The zero-order chi connectivity index (χ0) is 11.4. The average molecular weight is 237 g/mol. The van der Waals surface area contributed by atoms with Crippen molar-refractivity contribution in [1.29, 1.82) is 0 Å². The molecule has 0 bridgehead atoms. The molecule has 0 amide bonds. The molecule has 0 spiro atoms. The van der Waals surface area contributed by atoms with Gasteiger partial charge in [0.05, 0.1) is 5.69 Å². The van der Waals surface area contributed by atoms with E-state index in [0.29, 0.717) is 12.5 Å². The Kier molecular flexibility index (Phi) is 3.63. The van der Waals surface area contributed by atoms with Crippen LogP contribution in [0.2, 0.25) is 0 Å². The number of nitrogens with one attached hydrogen (secondary N) is 1. The number of hydrogen-bond acceptors (Lipinski definition) is 5. The molecule has 16 heavy (non-hydrogen) atoms. The highest BCUT2D eigenvalue weighted by Crippen LogP contribution is 2.26. The summed E-state index contributed by atoms with van der Waals surface area (Å²) in [5.74, 6) is 1.08. The van der Waals surface area contributed by atoms with E-state index >= 15 is 0 Å². The van der Waals surface area contributed by atoms with Crippen molar-refractivity contribution in [2.24, 2.45) is 5.73 Å². The first-order chi connectivity index (χ1) is 7.85. The van der Waals surface area contributed by atoms with Crippen molar-refractivity contribution in [2.75, 3.05) is 6.54 Å². The summed E-state index contributed by atoms with van der Waals surface area (Å²) < 4.78 is 0. The maximum atomic E-state index is 5.75. The van der Waals surface area contributed by atoms with Crippen LogP contribution in [-0.2, 0) is 0 Å². The second-order valence-corrected chi connectivity index (χ2v) is 4.49. The molecule has 0 aliphatic heterocycles. The van der Waals surface area contributed by atoms with Gasteiger partial charge < -0.3 is 5.73 Å². The van der Waals surface area contributed by atoms with E-state index < -0.39 is 0 Å². The molecule has 0 saturated heterocycles. The van der Waals surface area contributed by atoms with Gasteiger partial charge in [0.2, 0.25) is 0 Å². The molecule has 3 N–H and O–H groups in total. The summed E-state index contributed by atoms with van der Waals surface area (Å²) in [6, 6.07) is 0. The van der Waals surface area contributed by atoms with Crippen LogP contribution in [0.1, 0.15) is 31.4 Å². The van der Waals surface area contributed by atoms with Crippen molar-refractivity contribution in [1.82, 2.24) is 20.2 Å². The SMILES string of the molecule is CCCC(CN)c1csc(-c2ncn[nH]2)n1.